The number of hydrogen-bond donors (Lipinski definition) is 1. The maximum atomic E-state index is 14.1. The highest BCUT2D eigenvalue weighted by Gasteiger charge is 2.51. The molecule has 0 unspecified atom stereocenters. The minimum Gasteiger partial charge on any atom is -0.391 e. The minimum absolute atomic E-state index is 0.0842. The Hall–Kier alpha value is -1.10. The zero-order valence-electron chi connectivity index (χ0n) is 9.79. The molecule has 1 N–H and O–H groups in total. The van der Waals surface area contributed by atoms with E-state index in [2.05, 4.69) is 5.16 Å². The van der Waals surface area contributed by atoms with Gasteiger partial charge in [0.2, 0.25) is 0 Å². The fourth-order valence-corrected chi connectivity index (χ4v) is 2.64. The molecule has 0 saturated heterocycles. The van der Waals surface area contributed by atoms with E-state index in [0.29, 0.717) is 39.7 Å². The Labute approximate surface area is 118 Å². The molecule has 1 heterocycles. The number of aliphatic hydroxyl groups is 1. The van der Waals surface area contributed by atoms with Gasteiger partial charge in [-0.2, -0.15) is 0 Å². The van der Waals surface area contributed by atoms with Gasteiger partial charge in [-0.25, -0.2) is 4.39 Å². The van der Waals surface area contributed by atoms with Crippen LogP contribution in [0.3, 0.4) is 0 Å². The number of alkyl halides is 1. The predicted molar refractivity (Wildman–Crippen MR) is 69.9 cm³/mol. The van der Waals surface area contributed by atoms with Gasteiger partial charge in [0, 0.05) is 5.56 Å². The number of halogens is 3. The first-order valence-corrected chi connectivity index (χ1v) is 6.55. The Morgan fingerprint density at radius 2 is 1.95 bits per heavy atom. The number of hydrogen-bond acceptors (Lipinski definition) is 3. The third-order valence-electron chi connectivity index (χ3n) is 3.24. The van der Waals surface area contributed by atoms with Gasteiger partial charge in [-0.15, -0.1) is 0 Å². The largest absolute Gasteiger partial charge is 0.391 e. The number of nitrogens with zero attached hydrogens (tertiary/aromatic N) is 1. The maximum absolute atomic E-state index is 14.1. The van der Waals surface area contributed by atoms with Crippen molar-refractivity contribution >= 4 is 23.2 Å². The second kappa shape index (κ2) is 4.47. The number of benzene rings is 1. The molecule has 1 aliphatic rings. The molecule has 0 atom stereocenters. The van der Waals surface area contributed by atoms with Crippen LogP contribution in [0.5, 0.6) is 0 Å². The smallest absolute Gasteiger partial charge is 0.180 e. The Balaban J connectivity index is 2.18. The van der Waals surface area contributed by atoms with Crippen LogP contribution < -0.4 is 0 Å². The number of rotatable bonds is 3. The molecule has 19 heavy (non-hydrogen) atoms. The summed E-state index contributed by atoms with van der Waals surface area (Å²) in [6, 6.07) is 5.01. The number of aliphatic hydroxyl groups excluding tert-OH is 1. The minimum atomic E-state index is -1.50. The maximum Gasteiger partial charge on any atom is 0.180 e. The van der Waals surface area contributed by atoms with E-state index in [0.717, 1.165) is 0 Å². The third-order valence-corrected chi connectivity index (χ3v) is 3.87. The van der Waals surface area contributed by atoms with Gasteiger partial charge in [-0.1, -0.05) is 34.4 Å². The second-order valence-corrected chi connectivity index (χ2v) is 5.37. The van der Waals surface area contributed by atoms with Crippen molar-refractivity contribution in [2.75, 3.05) is 0 Å². The van der Waals surface area contributed by atoms with E-state index >= 15 is 0 Å². The second-order valence-electron chi connectivity index (χ2n) is 4.56. The Bertz CT molecular complexity index is 617. The van der Waals surface area contributed by atoms with Crippen LogP contribution >= 0.6 is 23.2 Å². The summed E-state index contributed by atoms with van der Waals surface area (Å²) in [7, 11) is 0. The SMILES string of the molecule is OCc1c(-c2c(Cl)cccc2Cl)noc1C1(F)CC1. The molecule has 1 aromatic carbocycles. The standard InChI is InChI=1S/C13H10Cl2FNO2/c14-8-2-1-3-9(15)10(8)11-7(6-18)12(19-17-11)13(16)4-5-13/h1-3,18H,4-6H2. The first-order chi connectivity index (χ1) is 9.07. The van der Waals surface area contributed by atoms with E-state index in [1.807, 2.05) is 0 Å². The quantitative estimate of drug-likeness (QED) is 0.928. The fourth-order valence-electron chi connectivity index (χ4n) is 2.07. The summed E-state index contributed by atoms with van der Waals surface area (Å²) in [6.45, 7) is -0.374. The molecule has 0 bridgehead atoms. The van der Waals surface area contributed by atoms with Gasteiger partial charge in [-0.3, -0.25) is 0 Å². The van der Waals surface area contributed by atoms with E-state index in [1.54, 1.807) is 18.2 Å². The molecule has 3 rings (SSSR count). The summed E-state index contributed by atoms with van der Waals surface area (Å²) >= 11 is 12.2. The van der Waals surface area contributed by atoms with E-state index < -0.39 is 5.67 Å². The van der Waals surface area contributed by atoms with Gasteiger partial charge in [0.15, 0.2) is 11.4 Å². The average Bonchev–Trinajstić information content (AvgIpc) is 2.98. The summed E-state index contributed by atoms with van der Waals surface area (Å²) in [5.74, 6) is 0.0842. The van der Waals surface area contributed by atoms with Crippen LogP contribution in [-0.4, -0.2) is 10.3 Å². The van der Waals surface area contributed by atoms with Crippen LogP contribution in [0.4, 0.5) is 4.39 Å². The van der Waals surface area contributed by atoms with E-state index in [4.69, 9.17) is 27.7 Å². The molecule has 100 valence electrons. The van der Waals surface area contributed by atoms with Gasteiger partial charge in [0.1, 0.15) is 5.69 Å². The Morgan fingerprint density at radius 1 is 1.32 bits per heavy atom. The molecule has 2 aromatic rings. The van der Waals surface area contributed by atoms with Crippen LogP contribution in [0.15, 0.2) is 22.7 Å². The topological polar surface area (TPSA) is 46.3 Å². The summed E-state index contributed by atoms with van der Waals surface area (Å²) in [6.07, 6.45) is 0.760. The van der Waals surface area contributed by atoms with Crippen molar-refractivity contribution in [2.45, 2.75) is 25.1 Å². The highest BCUT2D eigenvalue weighted by Crippen LogP contribution is 2.52. The first-order valence-electron chi connectivity index (χ1n) is 5.80. The van der Waals surface area contributed by atoms with Crippen LogP contribution in [0, 0.1) is 0 Å². The van der Waals surface area contributed by atoms with Crippen molar-refractivity contribution in [1.82, 2.24) is 5.16 Å². The zero-order valence-corrected chi connectivity index (χ0v) is 11.3. The third kappa shape index (κ3) is 2.04. The van der Waals surface area contributed by atoms with Crippen molar-refractivity contribution in [3.05, 3.63) is 39.6 Å². The Kier molecular flexibility index (Phi) is 3.04. The van der Waals surface area contributed by atoms with Crippen molar-refractivity contribution in [1.29, 1.82) is 0 Å². The molecule has 0 aliphatic heterocycles. The molecule has 6 heteroatoms. The summed E-state index contributed by atoms with van der Waals surface area (Å²) < 4.78 is 19.2. The summed E-state index contributed by atoms with van der Waals surface area (Å²) in [5.41, 5.74) is -0.432. The van der Waals surface area contributed by atoms with Crippen molar-refractivity contribution < 1.29 is 14.0 Å². The molecule has 0 amide bonds. The molecule has 0 radical (unpaired) electrons. The summed E-state index contributed by atoms with van der Waals surface area (Å²) in [4.78, 5) is 0. The normalized spacial score (nSPS) is 16.6. The highest BCUT2D eigenvalue weighted by atomic mass is 35.5. The van der Waals surface area contributed by atoms with Crippen LogP contribution in [-0.2, 0) is 12.3 Å². The Morgan fingerprint density at radius 3 is 2.47 bits per heavy atom. The number of aromatic nitrogens is 1. The zero-order chi connectivity index (χ0) is 13.6. The molecular weight excluding hydrogens is 292 g/mol. The van der Waals surface area contributed by atoms with Crippen molar-refractivity contribution in [3.63, 3.8) is 0 Å². The van der Waals surface area contributed by atoms with Crippen LogP contribution in [0.1, 0.15) is 24.2 Å². The van der Waals surface area contributed by atoms with Crippen molar-refractivity contribution in [3.8, 4) is 11.3 Å². The molecule has 1 aliphatic carbocycles. The predicted octanol–water partition coefficient (Wildman–Crippen LogP) is 4.10. The van der Waals surface area contributed by atoms with Crippen LogP contribution in [0.25, 0.3) is 11.3 Å². The van der Waals surface area contributed by atoms with Gasteiger partial charge >= 0.3 is 0 Å². The lowest BCUT2D eigenvalue weighted by atomic mass is 10.0. The monoisotopic (exact) mass is 301 g/mol. The fraction of sp³-hybridized carbons (Fsp3) is 0.308. The van der Waals surface area contributed by atoms with E-state index in [-0.39, 0.29) is 12.4 Å². The van der Waals surface area contributed by atoms with Gasteiger partial charge in [0.25, 0.3) is 0 Å². The van der Waals surface area contributed by atoms with Crippen molar-refractivity contribution in [2.24, 2.45) is 0 Å². The lowest BCUT2D eigenvalue weighted by molar-refractivity contribution is 0.220. The summed E-state index contributed by atoms with van der Waals surface area (Å²) in [5, 5.41) is 14.1. The average molecular weight is 302 g/mol. The molecule has 0 spiro atoms. The first kappa shape index (κ1) is 12.9. The highest BCUT2D eigenvalue weighted by molar-refractivity contribution is 6.39. The van der Waals surface area contributed by atoms with E-state index in [9.17, 15) is 9.50 Å². The lowest BCUT2D eigenvalue weighted by Crippen LogP contribution is -2.01. The van der Waals surface area contributed by atoms with Crippen LogP contribution in [0.2, 0.25) is 10.0 Å². The van der Waals surface area contributed by atoms with Gasteiger partial charge in [-0.05, 0) is 25.0 Å². The van der Waals surface area contributed by atoms with E-state index in [1.165, 1.54) is 0 Å². The van der Waals surface area contributed by atoms with Gasteiger partial charge in [0.05, 0.1) is 22.2 Å². The molecule has 1 aromatic heterocycles. The molecule has 1 saturated carbocycles. The molecule has 1 fully saturated rings. The lowest BCUT2D eigenvalue weighted by Gasteiger charge is -2.06. The molecular formula is C13H10Cl2FNO2. The van der Waals surface area contributed by atoms with Gasteiger partial charge < -0.3 is 9.63 Å². The molecule has 3 nitrogen and oxygen atoms in total.